The van der Waals surface area contributed by atoms with Crippen LogP contribution in [-0.4, -0.2) is 4.92 Å². The van der Waals surface area contributed by atoms with Gasteiger partial charge in [0.2, 0.25) is 0 Å². The molecule has 0 aliphatic heterocycles. The first-order valence-electron chi connectivity index (χ1n) is 2.91. The summed E-state index contributed by atoms with van der Waals surface area (Å²) in [6.07, 6.45) is 0. The first-order valence-corrected chi connectivity index (χ1v) is 3.67. The lowest BCUT2D eigenvalue weighted by Gasteiger charge is -1.99. The van der Waals surface area contributed by atoms with Crippen molar-refractivity contribution in [3.8, 4) is 0 Å². The van der Waals surface area contributed by atoms with Gasteiger partial charge in [0.05, 0.1) is 4.92 Å². The van der Waals surface area contributed by atoms with Crippen molar-refractivity contribution in [1.29, 1.82) is 0 Å². The molecule has 4 nitrogen and oxygen atoms in total. The van der Waals surface area contributed by atoms with Crippen molar-refractivity contribution in [3.63, 3.8) is 0 Å². The molecule has 64 valence electrons. The zero-order chi connectivity index (χ0) is 9.30. The molecule has 6 heteroatoms. The maximum atomic E-state index is 10.4. The van der Waals surface area contributed by atoms with E-state index in [0.29, 0.717) is 0 Å². The molecule has 2 N–H and O–H groups in total. The summed E-state index contributed by atoms with van der Waals surface area (Å²) in [7, 11) is 0. The van der Waals surface area contributed by atoms with Crippen LogP contribution in [0.3, 0.4) is 0 Å². The molecular weight excluding hydrogens is 203 g/mol. The van der Waals surface area contributed by atoms with E-state index in [2.05, 4.69) is 0 Å². The van der Waals surface area contributed by atoms with Crippen LogP contribution >= 0.6 is 23.2 Å². The summed E-state index contributed by atoms with van der Waals surface area (Å²) in [5.41, 5.74) is 4.98. The largest absolute Gasteiger partial charge is 0.393 e. The van der Waals surface area contributed by atoms with Gasteiger partial charge >= 0.3 is 5.69 Å². The lowest BCUT2D eigenvalue weighted by molar-refractivity contribution is -0.383. The van der Waals surface area contributed by atoms with Crippen LogP contribution in [0.2, 0.25) is 10.0 Å². The molecular formula is C6H4Cl2N2O2. The maximum absolute atomic E-state index is 10.4. The van der Waals surface area contributed by atoms with E-state index in [9.17, 15) is 10.1 Å². The van der Waals surface area contributed by atoms with Gasteiger partial charge in [0.15, 0.2) is 0 Å². The number of halogens is 2. The number of anilines is 1. The van der Waals surface area contributed by atoms with E-state index in [1.54, 1.807) is 0 Å². The molecule has 0 aromatic heterocycles. The summed E-state index contributed by atoms with van der Waals surface area (Å²) in [5.74, 6) is 0. The fourth-order valence-corrected chi connectivity index (χ4v) is 1.36. The summed E-state index contributed by atoms with van der Waals surface area (Å²) in [5, 5.41) is 10.6. The van der Waals surface area contributed by atoms with Crippen LogP contribution in [0.25, 0.3) is 0 Å². The first kappa shape index (κ1) is 9.09. The van der Waals surface area contributed by atoms with Crippen LogP contribution in [0.15, 0.2) is 12.1 Å². The molecule has 0 aliphatic carbocycles. The van der Waals surface area contributed by atoms with Crippen molar-refractivity contribution >= 4 is 34.6 Å². The Morgan fingerprint density at radius 3 is 2.42 bits per heavy atom. The molecule has 0 heterocycles. The summed E-state index contributed by atoms with van der Waals surface area (Å²) in [4.78, 5) is 9.71. The average Bonchev–Trinajstić information content (AvgIpc) is 1.82. The zero-order valence-corrected chi connectivity index (χ0v) is 7.26. The Balaban J connectivity index is 3.38. The van der Waals surface area contributed by atoms with Gasteiger partial charge in [0, 0.05) is 5.02 Å². The van der Waals surface area contributed by atoms with Crippen LogP contribution < -0.4 is 5.73 Å². The molecule has 0 unspecified atom stereocenters. The van der Waals surface area contributed by atoms with Gasteiger partial charge in [-0.3, -0.25) is 10.1 Å². The smallest absolute Gasteiger partial charge is 0.310 e. The lowest BCUT2D eigenvalue weighted by Crippen LogP contribution is -1.96. The summed E-state index contributed by atoms with van der Waals surface area (Å²) in [6, 6.07) is 2.56. The predicted molar refractivity (Wildman–Crippen MR) is 47.5 cm³/mol. The number of hydrogen-bond donors (Lipinski definition) is 1. The molecule has 0 aliphatic rings. The fourth-order valence-electron chi connectivity index (χ4n) is 0.779. The van der Waals surface area contributed by atoms with Gasteiger partial charge in [0.25, 0.3) is 0 Å². The number of nitrogens with zero attached hydrogens (tertiary/aromatic N) is 1. The van der Waals surface area contributed by atoms with Crippen molar-refractivity contribution in [2.45, 2.75) is 0 Å². The predicted octanol–water partition coefficient (Wildman–Crippen LogP) is 2.48. The fraction of sp³-hybridized carbons (Fsp3) is 0. The number of rotatable bonds is 1. The molecule has 1 rings (SSSR count). The number of hydrogen-bond acceptors (Lipinski definition) is 3. The number of nitrogen functional groups attached to an aromatic ring is 1. The van der Waals surface area contributed by atoms with Crippen molar-refractivity contribution < 1.29 is 4.92 Å². The average molecular weight is 207 g/mol. The lowest BCUT2D eigenvalue weighted by atomic mass is 10.3. The van der Waals surface area contributed by atoms with Crippen LogP contribution in [0.1, 0.15) is 0 Å². The zero-order valence-electron chi connectivity index (χ0n) is 5.75. The number of nitro benzene ring substituents is 1. The maximum Gasteiger partial charge on any atom is 0.310 e. The van der Waals surface area contributed by atoms with E-state index in [4.69, 9.17) is 28.9 Å². The highest BCUT2D eigenvalue weighted by Crippen LogP contribution is 2.33. The van der Waals surface area contributed by atoms with E-state index in [1.807, 2.05) is 0 Å². The standard InChI is InChI=1S/C6H4Cl2N2O2/c7-3-1-4(8)6(10(11)12)5(9)2-3/h1-2H,9H2. The highest BCUT2D eigenvalue weighted by atomic mass is 35.5. The summed E-state index contributed by atoms with van der Waals surface area (Å²) < 4.78 is 0. The number of benzene rings is 1. The Hall–Kier alpha value is -1.00. The second kappa shape index (κ2) is 3.16. The number of nitrogens with two attached hydrogens (primary N) is 1. The molecule has 0 atom stereocenters. The van der Waals surface area contributed by atoms with Gasteiger partial charge in [0.1, 0.15) is 10.7 Å². The van der Waals surface area contributed by atoms with Gasteiger partial charge < -0.3 is 5.73 Å². The van der Waals surface area contributed by atoms with Crippen molar-refractivity contribution in [3.05, 3.63) is 32.3 Å². The molecule has 1 aromatic rings. The number of nitro groups is 1. The highest BCUT2D eigenvalue weighted by molar-refractivity contribution is 6.36. The Labute approximate surface area is 78.0 Å². The minimum absolute atomic E-state index is 0.0301. The van der Waals surface area contributed by atoms with Crippen LogP contribution in [0.5, 0.6) is 0 Å². The Kier molecular flexibility index (Phi) is 2.40. The van der Waals surface area contributed by atoms with Crippen molar-refractivity contribution in [2.24, 2.45) is 0 Å². The minimum Gasteiger partial charge on any atom is -0.393 e. The van der Waals surface area contributed by atoms with Gasteiger partial charge in [-0.1, -0.05) is 23.2 Å². The molecule has 0 saturated carbocycles. The van der Waals surface area contributed by atoms with E-state index < -0.39 is 4.92 Å². The van der Waals surface area contributed by atoms with Crippen LogP contribution in [-0.2, 0) is 0 Å². The molecule has 1 aromatic carbocycles. The highest BCUT2D eigenvalue weighted by Gasteiger charge is 2.17. The van der Waals surface area contributed by atoms with E-state index in [0.717, 1.165) is 0 Å². The first-order chi connectivity index (χ1) is 5.52. The second-order valence-corrected chi connectivity index (χ2v) is 2.93. The van der Waals surface area contributed by atoms with Crippen LogP contribution in [0, 0.1) is 10.1 Å². The molecule has 0 amide bonds. The third kappa shape index (κ3) is 1.60. The Morgan fingerprint density at radius 1 is 1.42 bits per heavy atom. The SMILES string of the molecule is Nc1cc(Cl)cc(Cl)c1[N+](=O)[O-]. The molecule has 0 saturated heterocycles. The monoisotopic (exact) mass is 206 g/mol. The van der Waals surface area contributed by atoms with E-state index >= 15 is 0 Å². The summed E-state index contributed by atoms with van der Waals surface area (Å²) in [6.45, 7) is 0. The van der Waals surface area contributed by atoms with Gasteiger partial charge in [-0.25, -0.2) is 0 Å². The van der Waals surface area contributed by atoms with Crippen LogP contribution in [0.4, 0.5) is 11.4 Å². The summed E-state index contributed by atoms with van der Waals surface area (Å²) >= 11 is 11.1. The molecule has 0 bridgehead atoms. The normalized spacial score (nSPS) is 9.83. The molecule has 0 radical (unpaired) electrons. The Morgan fingerprint density at radius 2 is 2.00 bits per heavy atom. The third-order valence-corrected chi connectivity index (χ3v) is 1.75. The van der Waals surface area contributed by atoms with Gasteiger partial charge in [-0.15, -0.1) is 0 Å². The van der Waals surface area contributed by atoms with Gasteiger partial charge in [-0.05, 0) is 12.1 Å². The van der Waals surface area contributed by atoms with Gasteiger partial charge in [-0.2, -0.15) is 0 Å². The molecule has 12 heavy (non-hydrogen) atoms. The Bertz CT molecular complexity index is 317. The topological polar surface area (TPSA) is 69.2 Å². The minimum atomic E-state index is -0.645. The van der Waals surface area contributed by atoms with Crippen molar-refractivity contribution in [2.75, 3.05) is 5.73 Å². The van der Waals surface area contributed by atoms with E-state index in [1.165, 1.54) is 12.1 Å². The third-order valence-electron chi connectivity index (χ3n) is 1.24. The van der Waals surface area contributed by atoms with E-state index in [-0.39, 0.29) is 21.4 Å². The quantitative estimate of drug-likeness (QED) is 0.436. The molecule has 0 spiro atoms. The van der Waals surface area contributed by atoms with Crippen molar-refractivity contribution in [1.82, 2.24) is 0 Å². The second-order valence-electron chi connectivity index (χ2n) is 2.08. The molecule has 0 fully saturated rings.